The van der Waals surface area contributed by atoms with E-state index in [0.29, 0.717) is 12.2 Å². The third kappa shape index (κ3) is 5.18. The molecule has 2 N–H and O–H groups in total. The van der Waals surface area contributed by atoms with Crippen molar-refractivity contribution in [2.24, 2.45) is 0 Å². The molecule has 0 saturated carbocycles. The third-order valence-electron chi connectivity index (χ3n) is 4.31. The van der Waals surface area contributed by atoms with Crippen LogP contribution in [0.5, 0.6) is 0 Å². The number of nitrogens with one attached hydrogen (secondary N) is 1. The molecule has 0 atom stereocenters. The van der Waals surface area contributed by atoms with Gasteiger partial charge < -0.3 is 10.4 Å². The van der Waals surface area contributed by atoms with Gasteiger partial charge >= 0.3 is 5.97 Å². The summed E-state index contributed by atoms with van der Waals surface area (Å²) < 4.78 is 0. The molecule has 3 aromatic rings. The third-order valence-corrected chi connectivity index (χ3v) is 5.36. The van der Waals surface area contributed by atoms with Gasteiger partial charge in [0.15, 0.2) is 5.82 Å². The number of aromatic nitrogens is 2. The van der Waals surface area contributed by atoms with Crippen LogP contribution in [0.2, 0.25) is 0 Å². The van der Waals surface area contributed by atoms with Crippen LogP contribution in [0, 0.1) is 6.92 Å². The van der Waals surface area contributed by atoms with E-state index in [1.165, 1.54) is 0 Å². The van der Waals surface area contributed by atoms with Crippen LogP contribution in [-0.4, -0.2) is 21.0 Å². The van der Waals surface area contributed by atoms with Crippen molar-refractivity contribution >= 4 is 34.9 Å². The van der Waals surface area contributed by atoms with Gasteiger partial charge in [-0.2, -0.15) is 0 Å². The monoisotopic (exact) mass is 405 g/mol. The fraction of sp³-hybridized carbons (Fsp3) is 0.174. The Morgan fingerprint density at radius 3 is 2.62 bits per heavy atom. The summed E-state index contributed by atoms with van der Waals surface area (Å²) >= 11 is 1.65. The summed E-state index contributed by atoms with van der Waals surface area (Å²) in [7, 11) is 0. The van der Waals surface area contributed by atoms with E-state index in [0.717, 1.165) is 38.1 Å². The van der Waals surface area contributed by atoms with Crippen LogP contribution in [0.15, 0.2) is 55.1 Å². The Balaban J connectivity index is 1.95. The van der Waals surface area contributed by atoms with Gasteiger partial charge in [-0.05, 0) is 56.2 Å². The molecular weight excluding hydrogens is 382 g/mol. The topological polar surface area (TPSA) is 75.1 Å². The number of nitrogens with zero attached hydrogens (tertiary/aromatic N) is 2. The maximum Gasteiger partial charge on any atom is 0.307 e. The zero-order valence-electron chi connectivity index (χ0n) is 16.5. The zero-order valence-corrected chi connectivity index (χ0v) is 17.3. The molecule has 148 valence electrons. The molecule has 3 rings (SSSR count). The summed E-state index contributed by atoms with van der Waals surface area (Å²) in [6.07, 6.45) is 6.56. The van der Waals surface area contributed by atoms with E-state index in [1.807, 2.05) is 44.2 Å². The van der Waals surface area contributed by atoms with E-state index in [9.17, 15) is 4.79 Å². The molecule has 2 heterocycles. The second-order valence-electron chi connectivity index (χ2n) is 6.55. The quantitative estimate of drug-likeness (QED) is 0.474. The highest BCUT2D eigenvalue weighted by molar-refractivity contribution is 7.16. The average molecular weight is 406 g/mol. The van der Waals surface area contributed by atoms with Gasteiger partial charge in [-0.1, -0.05) is 24.3 Å². The Morgan fingerprint density at radius 2 is 1.97 bits per heavy atom. The number of benzene rings is 1. The lowest BCUT2D eigenvalue weighted by molar-refractivity contribution is -0.136. The smallest absolute Gasteiger partial charge is 0.307 e. The molecule has 0 amide bonds. The number of aryl methyl sites for hydroxylation is 1. The van der Waals surface area contributed by atoms with Crippen molar-refractivity contribution in [2.45, 2.75) is 26.7 Å². The largest absolute Gasteiger partial charge is 0.481 e. The van der Waals surface area contributed by atoms with Crippen LogP contribution in [0.4, 0.5) is 11.5 Å². The lowest BCUT2D eigenvalue weighted by Crippen LogP contribution is -2.05. The van der Waals surface area contributed by atoms with E-state index in [2.05, 4.69) is 24.0 Å². The molecule has 0 spiro atoms. The number of carbonyl (C=O) groups is 1. The first-order valence-electron chi connectivity index (χ1n) is 9.29. The Hall–Kier alpha value is -3.25. The van der Waals surface area contributed by atoms with Crippen LogP contribution in [0.3, 0.4) is 0 Å². The van der Waals surface area contributed by atoms with E-state index in [1.54, 1.807) is 23.5 Å². The minimum absolute atomic E-state index is 0.00563. The Morgan fingerprint density at radius 1 is 1.21 bits per heavy atom. The van der Waals surface area contributed by atoms with Gasteiger partial charge in [0.05, 0.1) is 11.3 Å². The van der Waals surface area contributed by atoms with E-state index in [4.69, 9.17) is 15.1 Å². The molecule has 2 aromatic heterocycles. The minimum atomic E-state index is -0.844. The van der Waals surface area contributed by atoms with Gasteiger partial charge in [0.25, 0.3) is 0 Å². The van der Waals surface area contributed by atoms with Gasteiger partial charge in [-0.3, -0.25) is 4.79 Å². The van der Waals surface area contributed by atoms with Gasteiger partial charge in [0.1, 0.15) is 5.82 Å². The van der Waals surface area contributed by atoms with E-state index in [-0.39, 0.29) is 6.42 Å². The lowest BCUT2D eigenvalue weighted by atomic mass is 10.1. The molecule has 0 fully saturated rings. The summed E-state index contributed by atoms with van der Waals surface area (Å²) in [6, 6.07) is 11.4. The number of allylic oxidation sites excluding steroid dienone is 2. The van der Waals surface area contributed by atoms with Crippen molar-refractivity contribution in [1.29, 1.82) is 0 Å². The highest BCUT2D eigenvalue weighted by Gasteiger charge is 2.14. The van der Waals surface area contributed by atoms with Crippen LogP contribution >= 0.6 is 11.3 Å². The fourth-order valence-electron chi connectivity index (χ4n) is 2.94. The number of hydrogen-bond donors (Lipinski definition) is 2. The summed E-state index contributed by atoms with van der Waals surface area (Å²) in [4.78, 5) is 22.5. The normalized spacial score (nSPS) is 11.0. The standard InChI is InChI=1S/C23H23N3O2S/c1-4-6-18-12-13-20(29-18)23-24-15(3)19(7-5-2)22(26-23)25-17-10-8-16(9-11-17)14-21(27)28/h4-6,8-13H,2,7,14H2,1,3H3,(H,27,28)(H,24,25,26)/b6-4-. The predicted molar refractivity (Wildman–Crippen MR) is 120 cm³/mol. The molecule has 5 nitrogen and oxygen atoms in total. The molecule has 0 aliphatic heterocycles. The number of aliphatic carboxylic acids is 1. The van der Waals surface area contributed by atoms with Crippen molar-refractivity contribution in [2.75, 3.05) is 5.32 Å². The van der Waals surface area contributed by atoms with Crippen LogP contribution in [-0.2, 0) is 17.6 Å². The SMILES string of the molecule is C=CCc1c(C)nc(-c2ccc(/C=C\C)s2)nc1Nc1ccc(CC(=O)O)cc1. The second kappa shape index (κ2) is 9.30. The number of anilines is 2. The number of rotatable bonds is 8. The Bertz CT molecular complexity index is 1050. The first-order chi connectivity index (χ1) is 14.0. The molecule has 0 bridgehead atoms. The van der Waals surface area contributed by atoms with Crippen LogP contribution in [0.25, 0.3) is 16.8 Å². The first-order valence-corrected chi connectivity index (χ1v) is 10.1. The second-order valence-corrected chi connectivity index (χ2v) is 7.66. The van der Waals surface area contributed by atoms with Gasteiger partial charge in [0, 0.05) is 21.8 Å². The molecule has 6 heteroatoms. The van der Waals surface area contributed by atoms with Crippen LogP contribution < -0.4 is 5.32 Å². The fourth-order valence-corrected chi connectivity index (χ4v) is 3.86. The lowest BCUT2D eigenvalue weighted by Gasteiger charge is -2.14. The molecule has 0 unspecified atom stereocenters. The summed E-state index contributed by atoms with van der Waals surface area (Å²) in [5, 5.41) is 12.3. The van der Waals surface area contributed by atoms with Crippen molar-refractivity contribution in [3.05, 3.63) is 76.8 Å². The van der Waals surface area contributed by atoms with Gasteiger partial charge in [0.2, 0.25) is 0 Å². The predicted octanol–water partition coefficient (Wildman–Crippen LogP) is 5.65. The van der Waals surface area contributed by atoms with Crippen LogP contribution in [0.1, 0.15) is 28.6 Å². The average Bonchev–Trinajstić information content (AvgIpc) is 3.14. The Labute approximate surface area is 174 Å². The molecule has 0 radical (unpaired) electrons. The summed E-state index contributed by atoms with van der Waals surface area (Å²) in [6.45, 7) is 7.82. The van der Waals surface area contributed by atoms with Gasteiger partial charge in [-0.25, -0.2) is 9.97 Å². The summed E-state index contributed by atoms with van der Waals surface area (Å²) in [5.41, 5.74) is 3.49. The molecule has 0 aliphatic rings. The Kier molecular flexibility index (Phi) is 6.57. The molecule has 0 aliphatic carbocycles. The van der Waals surface area contributed by atoms with E-state index >= 15 is 0 Å². The summed E-state index contributed by atoms with van der Waals surface area (Å²) in [5.74, 6) is 0.573. The molecule has 0 saturated heterocycles. The number of hydrogen-bond acceptors (Lipinski definition) is 5. The van der Waals surface area contributed by atoms with E-state index < -0.39 is 5.97 Å². The molecular formula is C23H23N3O2S. The highest BCUT2D eigenvalue weighted by Crippen LogP contribution is 2.30. The van der Waals surface area contributed by atoms with Gasteiger partial charge in [-0.15, -0.1) is 17.9 Å². The van der Waals surface area contributed by atoms with Crippen molar-refractivity contribution in [3.8, 4) is 10.7 Å². The maximum absolute atomic E-state index is 10.9. The van der Waals surface area contributed by atoms with Crippen molar-refractivity contribution in [3.63, 3.8) is 0 Å². The molecule has 1 aromatic carbocycles. The highest BCUT2D eigenvalue weighted by atomic mass is 32.1. The van der Waals surface area contributed by atoms with Crippen molar-refractivity contribution in [1.82, 2.24) is 9.97 Å². The van der Waals surface area contributed by atoms with Crippen molar-refractivity contribution < 1.29 is 9.90 Å². The number of thiophene rings is 1. The first kappa shape index (κ1) is 20.5. The number of carboxylic acid groups (broad SMARTS) is 1. The number of carboxylic acids is 1. The zero-order chi connectivity index (χ0) is 20.8. The minimum Gasteiger partial charge on any atom is -0.481 e. The maximum atomic E-state index is 10.9. The molecule has 29 heavy (non-hydrogen) atoms.